The molecule has 1 saturated carbocycles. The monoisotopic (exact) mass is 370 g/mol. The summed E-state index contributed by atoms with van der Waals surface area (Å²) in [6.45, 7) is 0. The number of anilines is 2. The zero-order valence-electron chi connectivity index (χ0n) is 14.8. The van der Waals surface area contributed by atoms with Gasteiger partial charge in [0.1, 0.15) is 0 Å². The number of carbonyl (C=O) groups excluding carboxylic acids is 2. The van der Waals surface area contributed by atoms with E-state index in [2.05, 4.69) is 5.32 Å². The smallest absolute Gasteiger partial charge is 0.229 e. The maximum Gasteiger partial charge on any atom is 0.229 e. The summed E-state index contributed by atoms with van der Waals surface area (Å²) in [5.74, 6) is 0.0648. The van der Waals surface area contributed by atoms with E-state index in [-0.39, 0.29) is 23.7 Å². The Labute approximate surface area is 159 Å². The van der Waals surface area contributed by atoms with E-state index in [0.717, 1.165) is 31.4 Å². The summed E-state index contributed by atoms with van der Waals surface area (Å²) < 4.78 is 0. The number of amides is 2. The van der Waals surface area contributed by atoms with Crippen LogP contribution in [0.15, 0.2) is 54.6 Å². The minimum atomic E-state index is -0.0555. The van der Waals surface area contributed by atoms with E-state index in [0.29, 0.717) is 10.7 Å². The highest BCUT2D eigenvalue weighted by Gasteiger charge is 2.31. The fourth-order valence-electron chi connectivity index (χ4n) is 3.47. The van der Waals surface area contributed by atoms with Crippen molar-refractivity contribution in [2.75, 3.05) is 17.3 Å². The molecule has 0 atom stereocenters. The molecule has 0 saturated heterocycles. The highest BCUT2D eigenvalue weighted by Crippen LogP contribution is 2.32. The Bertz CT molecular complexity index is 771. The van der Waals surface area contributed by atoms with Gasteiger partial charge in [0.25, 0.3) is 0 Å². The van der Waals surface area contributed by atoms with Crippen LogP contribution in [0.5, 0.6) is 0 Å². The predicted octanol–water partition coefficient (Wildman–Crippen LogP) is 4.75. The van der Waals surface area contributed by atoms with E-state index in [1.54, 1.807) is 17.0 Å². The second-order valence-electron chi connectivity index (χ2n) is 6.78. The summed E-state index contributed by atoms with van der Waals surface area (Å²) in [4.78, 5) is 26.9. The number of halogens is 1. The normalized spacial score (nSPS) is 19.6. The van der Waals surface area contributed by atoms with Crippen molar-refractivity contribution in [3.63, 3.8) is 0 Å². The minimum Gasteiger partial charge on any atom is -0.326 e. The first-order valence-electron chi connectivity index (χ1n) is 8.93. The van der Waals surface area contributed by atoms with Crippen molar-refractivity contribution >= 4 is 34.8 Å². The van der Waals surface area contributed by atoms with Crippen molar-refractivity contribution in [1.82, 2.24) is 0 Å². The quantitative estimate of drug-likeness (QED) is 0.844. The Morgan fingerprint density at radius 3 is 2.27 bits per heavy atom. The number of rotatable bonds is 4. The van der Waals surface area contributed by atoms with E-state index in [1.807, 2.05) is 49.5 Å². The third-order valence-corrected chi connectivity index (χ3v) is 5.25. The van der Waals surface area contributed by atoms with Crippen LogP contribution in [0.2, 0.25) is 5.02 Å². The summed E-state index contributed by atoms with van der Waals surface area (Å²) in [5, 5.41) is 3.52. The van der Waals surface area contributed by atoms with Gasteiger partial charge in [-0.3, -0.25) is 9.59 Å². The Hall–Kier alpha value is -2.33. The number of hydrogen-bond donors (Lipinski definition) is 1. The molecular weight excluding hydrogens is 348 g/mol. The van der Waals surface area contributed by atoms with E-state index in [9.17, 15) is 9.59 Å². The van der Waals surface area contributed by atoms with Crippen LogP contribution in [0, 0.1) is 11.8 Å². The number of carbonyl (C=O) groups is 2. The molecule has 0 spiro atoms. The van der Waals surface area contributed by atoms with Crippen molar-refractivity contribution in [2.45, 2.75) is 25.7 Å². The molecule has 0 bridgehead atoms. The highest BCUT2D eigenvalue weighted by molar-refractivity contribution is 6.30. The van der Waals surface area contributed by atoms with Crippen molar-refractivity contribution in [3.05, 3.63) is 59.6 Å². The maximum absolute atomic E-state index is 12.7. The van der Waals surface area contributed by atoms with Crippen LogP contribution in [0.3, 0.4) is 0 Å². The average molecular weight is 371 g/mol. The van der Waals surface area contributed by atoms with Crippen molar-refractivity contribution in [2.24, 2.45) is 11.8 Å². The van der Waals surface area contributed by atoms with Gasteiger partial charge in [0.15, 0.2) is 0 Å². The Kier molecular flexibility index (Phi) is 5.94. The summed E-state index contributed by atoms with van der Waals surface area (Å²) in [7, 11) is 1.82. The number of nitrogens with zero attached hydrogens (tertiary/aromatic N) is 1. The van der Waals surface area contributed by atoms with Crippen molar-refractivity contribution in [3.8, 4) is 0 Å². The topological polar surface area (TPSA) is 49.4 Å². The summed E-state index contributed by atoms with van der Waals surface area (Å²) in [6, 6.07) is 16.8. The van der Waals surface area contributed by atoms with Gasteiger partial charge in [0.2, 0.25) is 11.8 Å². The molecule has 2 amide bonds. The summed E-state index contributed by atoms with van der Waals surface area (Å²) in [6.07, 6.45) is 2.93. The van der Waals surface area contributed by atoms with Gasteiger partial charge in [-0.15, -0.1) is 0 Å². The molecule has 5 heteroatoms. The molecule has 1 aliphatic carbocycles. The molecule has 136 valence electrons. The summed E-state index contributed by atoms with van der Waals surface area (Å²) >= 11 is 5.95. The molecule has 1 fully saturated rings. The third-order valence-electron chi connectivity index (χ3n) is 5.01. The van der Waals surface area contributed by atoms with E-state index in [1.165, 1.54) is 0 Å². The first kappa shape index (κ1) is 18.5. The predicted molar refractivity (Wildman–Crippen MR) is 105 cm³/mol. The third kappa shape index (κ3) is 4.44. The lowest BCUT2D eigenvalue weighted by atomic mass is 9.81. The first-order valence-corrected chi connectivity index (χ1v) is 9.31. The van der Waals surface area contributed by atoms with E-state index >= 15 is 0 Å². The van der Waals surface area contributed by atoms with Gasteiger partial charge in [-0.2, -0.15) is 0 Å². The van der Waals surface area contributed by atoms with Gasteiger partial charge in [0, 0.05) is 35.3 Å². The minimum absolute atomic E-state index is 0.00887. The molecule has 0 radical (unpaired) electrons. The van der Waals surface area contributed by atoms with Gasteiger partial charge in [-0.25, -0.2) is 0 Å². The highest BCUT2D eigenvalue weighted by atomic mass is 35.5. The number of para-hydroxylation sites is 1. The largest absolute Gasteiger partial charge is 0.326 e. The molecule has 0 aliphatic heterocycles. The molecule has 26 heavy (non-hydrogen) atoms. The molecular formula is C21H23ClN2O2. The Balaban J connectivity index is 1.53. The second kappa shape index (κ2) is 8.37. The van der Waals surface area contributed by atoms with E-state index in [4.69, 9.17) is 11.6 Å². The average Bonchev–Trinajstić information content (AvgIpc) is 2.67. The van der Waals surface area contributed by atoms with Crippen LogP contribution in [0.1, 0.15) is 25.7 Å². The summed E-state index contributed by atoms with van der Waals surface area (Å²) in [5.41, 5.74) is 1.61. The fraction of sp³-hybridized carbons (Fsp3) is 0.333. The zero-order valence-corrected chi connectivity index (χ0v) is 15.6. The molecule has 4 nitrogen and oxygen atoms in total. The SMILES string of the molecule is CN(C(=O)C1CCC(C(=O)Nc2cccc(Cl)c2)CC1)c1ccccc1. The van der Waals surface area contributed by atoms with Gasteiger partial charge in [-0.1, -0.05) is 35.9 Å². The molecule has 2 aromatic carbocycles. The maximum atomic E-state index is 12.7. The lowest BCUT2D eigenvalue weighted by Crippen LogP contribution is -2.36. The van der Waals surface area contributed by atoms with Gasteiger partial charge in [0.05, 0.1) is 0 Å². The molecule has 0 heterocycles. The van der Waals surface area contributed by atoms with Gasteiger partial charge in [-0.05, 0) is 56.0 Å². The molecule has 3 rings (SSSR count). The van der Waals surface area contributed by atoms with Crippen molar-refractivity contribution < 1.29 is 9.59 Å². The van der Waals surface area contributed by atoms with Crippen LogP contribution >= 0.6 is 11.6 Å². The fourth-order valence-corrected chi connectivity index (χ4v) is 3.66. The lowest BCUT2D eigenvalue weighted by molar-refractivity contribution is -0.126. The molecule has 2 aromatic rings. The van der Waals surface area contributed by atoms with Crippen LogP contribution < -0.4 is 10.2 Å². The van der Waals surface area contributed by atoms with Crippen LogP contribution in [-0.4, -0.2) is 18.9 Å². The van der Waals surface area contributed by atoms with E-state index < -0.39 is 0 Å². The van der Waals surface area contributed by atoms with Crippen molar-refractivity contribution in [1.29, 1.82) is 0 Å². The van der Waals surface area contributed by atoms with Crippen LogP contribution in [0.4, 0.5) is 11.4 Å². The van der Waals surface area contributed by atoms with Crippen LogP contribution in [0.25, 0.3) is 0 Å². The van der Waals surface area contributed by atoms with Gasteiger partial charge >= 0.3 is 0 Å². The Morgan fingerprint density at radius 2 is 1.62 bits per heavy atom. The standard InChI is InChI=1S/C21H23ClN2O2/c1-24(19-8-3-2-4-9-19)21(26)16-12-10-15(11-13-16)20(25)23-18-7-5-6-17(22)14-18/h2-9,14-16H,10-13H2,1H3,(H,23,25). The number of nitrogens with one attached hydrogen (secondary N) is 1. The molecule has 1 N–H and O–H groups in total. The first-order chi connectivity index (χ1) is 12.5. The van der Waals surface area contributed by atoms with Gasteiger partial charge < -0.3 is 10.2 Å². The van der Waals surface area contributed by atoms with Crippen LogP contribution in [-0.2, 0) is 9.59 Å². The molecule has 0 unspecified atom stereocenters. The number of hydrogen-bond acceptors (Lipinski definition) is 2. The Morgan fingerprint density at radius 1 is 0.962 bits per heavy atom. The molecule has 1 aliphatic rings. The lowest BCUT2D eigenvalue weighted by Gasteiger charge is -2.30. The second-order valence-corrected chi connectivity index (χ2v) is 7.22. The molecule has 0 aromatic heterocycles. The zero-order chi connectivity index (χ0) is 18.5. The number of benzene rings is 2.